The van der Waals surface area contributed by atoms with Crippen molar-refractivity contribution in [1.29, 1.82) is 0 Å². The molecule has 0 aliphatic heterocycles. The third-order valence-electron chi connectivity index (χ3n) is 4.77. The lowest BCUT2D eigenvalue weighted by Crippen LogP contribution is -2.20. The zero-order valence-corrected chi connectivity index (χ0v) is 18.6. The monoisotopic (exact) mass is 492 g/mol. The highest BCUT2D eigenvalue weighted by molar-refractivity contribution is 9.11. The summed E-state index contributed by atoms with van der Waals surface area (Å²) >= 11 is 6.63. The minimum atomic E-state index is -0.0929. The highest BCUT2D eigenvalue weighted by Gasteiger charge is 2.44. The number of nitrogens with one attached hydrogen (secondary N) is 1. The van der Waals surface area contributed by atoms with Crippen LogP contribution in [0.1, 0.15) is 49.8 Å². The third kappa shape index (κ3) is 4.79. The summed E-state index contributed by atoms with van der Waals surface area (Å²) in [4.78, 5) is 12.3. The SMILES string of the molecule is CC(C)(C)c1ccc(C2CC2C(=O)N/N=C/c2cc(Br)cc(Br)c2O)cc1. The van der Waals surface area contributed by atoms with Crippen molar-refractivity contribution >= 4 is 44.0 Å². The second-order valence-corrected chi connectivity index (χ2v) is 9.65. The van der Waals surface area contributed by atoms with Crippen LogP contribution in [0.2, 0.25) is 0 Å². The molecule has 2 aromatic rings. The number of nitrogens with zero attached hydrogens (tertiary/aromatic N) is 1. The number of carbonyl (C=O) groups excluding carboxylic acids is 1. The molecule has 1 fully saturated rings. The van der Waals surface area contributed by atoms with Gasteiger partial charge in [-0.1, -0.05) is 61.0 Å². The molecule has 0 saturated heterocycles. The Balaban J connectivity index is 1.59. The van der Waals surface area contributed by atoms with Gasteiger partial charge in [-0.2, -0.15) is 5.10 Å². The molecule has 0 heterocycles. The van der Waals surface area contributed by atoms with Gasteiger partial charge < -0.3 is 5.11 Å². The molecule has 1 saturated carbocycles. The molecular formula is C21H22Br2N2O2. The van der Waals surface area contributed by atoms with Gasteiger partial charge in [0.15, 0.2) is 0 Å². The Morgan fingerprint density at radius 1 is 1.22 bits per heavy atom. The number of hydrogen-bond acceptors (Lipinski definition) is 3. The predicted molar refractivity (Wildman–Crippen MR) is 115 cm³/mol. The molecule has 4 nitrogen and oxygen atoms in total. The van der Waals surface area contributed by atoms with Crippen LogP contribution in [-0.2, 0) is 10.2 Å². The van der Waals surface area contributed by atoms with Gasteiger partial charge in [0, 0.05) is 16.0 Å². The van der Waals surface area contributed by atoms with E-state index >= 15 is 0 Å². The summed E-state index contributed by atoms with van der Waals surface area (Å²) < 4.78 is 1.37. The first-order valence-electron chi connectivity index (χ1n) is 8.78. The van der Waals surface area contributed by atoms with Crippen molar-refractivity contribution < 1.29 is 9.90 Å². The summed E-state index contributed by atoms with van der Waals surface area (Å²) in [5.74, 6) is 0.192. The van der Waals surface area contributed by atoms with E-state index in [0.29, 0.717) is 10.0 Å². The number of aromatic hydroxyl groups is 1. The Hall–Kier alpha value is -1.66. The first-order valence-corrected chi connectivity index (χ1v) is 10.4. The van der Waals surface area contributed by atoms with Gasteiger partial charge in [0.1, 0.15) is 5.75 Å². The number of amides is 1. The molecule has 2 unspecified atom stereocenters. The smallest absolute Gasteiger partial charge is 0.243 e. The van der Waals surface area contributed by atoms with Crippen LogP contribution in [0.15, 0.2) is 50.4 Å². The number of phenols is 1. The molecule has 0 aromatic heterocycles. The van der Waals surface area contributed by atoms with Crippen LogP contribution in [0, 0.1) is 5.92 Å². The number of hydrazone groups is 1. The van der Waals surface area contributed by atoms with E-state index in [4.69, 9.17) is 0 Å². The van der Waals surface area contributed by atoms with Crippen molar-refractivity contribution in [3.05, 3.63) is 62.0 Å². The summed E-state index contributed by atoms with van der Waals surface area (Å²) in [5, 5.41) is 14.0. The summed E-state index contributed by atoms with van der Waals surface area (Å²) in [6.07, 6.45) is 2.28. The Bertz CT molecular complexity index is 886. The maximum atomic E-state index is 12.3. The Morgan fingerprint density at radius 2 is 1.89 bits per heavy atom. The lowest BCUT2D eigenvalue weighted by molar-refractivity contribution is -0.122. The lowest BCUT2D eigenvalue weighted by Gasteiger charge is -2.19. The zero-order valence-electron chi connectivity index (χ0n) is 15.5. The van der Waals surface area contributed by atoms with Crippen molar-refractivity contribution in [2.75, 3.05) is 0 Å². The Morgan fingerprint density at radius 3 is 2.52 bits per heavy atom. The number of benzene rings is 2. The zero-order chi connectivity index (χ0) is 19.8. The molecule has 2 N–H and O–H groups in total. The predicted octanol–water partition coefficient (Wildman–Crippen LogP) is 5.47. The maximum absolute atomic E-state index is 12.3. The third-order valence-corrected chi connectivity index (χ3v) is 5.83. The molecule has 6 heteroatoms. The average molecular weight is 494 g/mol. The number of carbonyl (C=O) groups is 1. The van der Waals surface area contributed by atoms with E-state index in [1.807, 2.05) is 0 Å². The molecule has 27 heavy (non-hydrogen) atoms. The number of phenolic OH excluding ortho intramolecular Hbond substituents is 1. The van der Waals surface area contributed by atoms with Crippen molar-refractivity contribution in [2.24, 2.45) is 11.0 Å². The molecule has 2 atom stereocenters. The van der Waals surface area contributed by atoms with E-state index in [0.717, 1.165) is 10.9 Å². The normalized spacial score (nSPS) is 19.3. The summed E-state index contributed by atoms with van der Waals surface area (Å²) in [6.45, 7) is 6.57. The number of rotatable bonds is 4. The molecule has 142 valence electrons. The van der Waals surface area contributed by atoms with Crippen molar-refractivity contribution in [1.82, 2.24) is 5.43 Å². The number of halogens is 2. The fraction of sp³-hybridized carbons (Fsp3) is 0.333. The van der Waals surface area contributed by atoms with Gasteiger partial charge in [0.25, 0.3) is 0 Å². The van der Waals surface area contributed by atoms with Crippen LogP contribution in [0.3, 0.4) is 0 Å². The minimum absolute atomic E-state index is 0.0505. The Labute approximate surface area is 176 Å². The van der Waals surface area contributed by atoms with Gasteiger partial charge in [0.2, 0.25) is 5.91 Å². The van der Waals surface area contributed by atoms with Gasteiger partial charge in [-0.15, -0.1) is 0 Å². The average Bonchev–Trinajstić information content (AvgIpc) is 3.39. The quantitative estimate of drug-likeness (QED) is 0.438. The van der Waals surface area contributed by atoms with Crippen LogP contribution in [0.5, 0.6) is 5.75 Å². The van der Waals surface area contributed by atoms with Crippen LogP contribution < -0.4 is 5.43 Å². The topological polar surface area (TPSA) is 61.7 Å². The van der Waals surface area contributed by atoms with Gasteiger partial charge >= 0.3 is 0 Å². The van der Waals surface area contributed by atoms with E-state index < -0.39 is 0 Å². The molecule has 0 spiro atoms. The van der Waals surface area contributed by atoms with Crippen molar-refractivity contribution in [2.45, 2.75) is 38.5 Å². The van der Waals surface area contributed by atoms with Gasteiger partial charge in [-0.3, -0.25) is 4.79 Å². The van der Waals surface area contributed by atoms with E-state index in [1.54, 1.807) is 12.1 Å². The van der Waals surface area contributed by atoms with E-state index in [9.17, 15) is 9.90 Å². The minimum Gasteiger partial charge on any atom is -0.506 e. The van der Waals surface area contributed by atoms with Gasteiger partial charge in [-0.05, 0) is 56.9 Å². The standard InChI is InChI=1S/C21H22Br2N2O2/c1-21(2,3)14-6-4-12(5-7-14)16-10-17(16)20(27)25-24-11-13-8-15(22)9-18(23)19(13)26/h4-9,11,16-17,26H,10H2,1-3H3,(H,25,27)/b24-11+. The van der Waals surface area contributed by atoms with E-state index in [2.05, 4.69) is 87.4 Å². The molecular weight excluding hydrogens is 472 g/mol. The van der Waals surface area contributed by atoms with Crippen LogP contribution >= 0.6 is 31.9 Å². The van der Waals surface area contributed by atoms with E-state index in [1.165, 1.54) is 17.3 Å². The number of hydrogen-bond donors (Lipinski definition) is 2. The van der Waals surface area contributed by atoms with Gasteiger partial charge in [0.05, 0.1) is 10.7 Å². The second kappa shape index (κ2) is 7.76. The first-order chi connectivity index (χ1) is 12.7. The molecule has 2 aromatic carbocycles. The highest BCUT2D eigenvalue weighted by atomic mass is 79.9. The molecule has 1 aliphatic carbocycles. The second-order valence-electron chi connectivity index (χ2n) is 7.88. The van der Waals surface area contributed by atoms with E-state index in [-0.39, 0.29) is 28.9 Å². The molecule has 0 bridgehead atoms. The van der Waals surface area contributed by atoms with Crippen LogP contribution in [0.25, 0.3) is 0 Å². The lowest BCUT2D eigenvalue weighted by atomic mass is 9.86. The molecule has 1 amide bonds. The molecule has 3 rings (SSSR count). The fourth-order valence-corrected chi connectivity index (χ4v) is 4.27. The molecule has 1 aliphatic rings. The molecule has 0 radical (unpaired) electrons. The van der Waals surface area contributed by atoms with Crippen LogP contribution in [0.4, 0.5) is 0 Å². The maximum Gasteiger partial charge on any atom is 0.243 e. The highest BCUT2D eigenvalue weighted by Crippen LogP contribution is 2.47. The first kappa shape index (κ1) is 20.1. The largest absolute Gasteiger partial charge is 0.506 e. The fourth-order valence-electron chi connectivity index (χ4n) is 3.02. The summed E-state index contributed by atoms with van der Waals surface area (Å²) in [6, 6.07) is 12.0. The Kier molecular flexibility index (Phi) is 5.77. The van der Waals surface area contributed by atoms with Crippen molar-refractivity contribution in [3.63, 3.8) is 0 Å². The summed E-state index contributed by atoms with van der Waals surface area (Å²) in [7, 11) is 0. The van der Waals surface area contributed by atoms with Gasteiger partial charge in [-0.25, -0.2) is 5.43 Å². The van der Waals surface area contributed by atoms with Crippen molar-refractivity contribution in [3.8, 4) is 5.75 Å². The summed E-state index contributed by atoms with van der Waals surface area (Å²) in [5.41, 5.74) is 5.71. The van der Waals surface area contributed by atoms with Crippen LogP contribution in [-0.4, -0.2) is 17.2 Å².